The standard InChI is InChI=1S/C41H49N5O8S2/c1-24(2)8-6-18-55-33-21-38(51)46(40(33)52)17-15-36(49)44-32-11-5-10-28-31(23-54-26(4)47)30-20-27(12-13-29(30)39(28)32)43-35(48)14-16-45-37(50)22-34(41(45)53)56-19-7-9-25(3)42/h5,10-13,20,31,33-34,42H,1,6-9,14-19,21-23H2,2-4H3,(H,43,48)(H,44,49)/p+1. The first-order valence-corrected chi connectivity index (χ1v) is 21.0. The van der Waals surface area contributed by atoms with Crippen LogP contribution in [0.3, 0.4) is 0 Å². The number of ether oxygens (including phenoxy) is 1. The van der Waals surface area contributed by atoms with Crippen LogP contribution in [-0.4, -0.2) is 98.6 Å². The number of allylic oxidation sites excluding steroid dienone is 1. The summed E-state index contributed by atoms with van der Waals surface area (Å²) in [4.78, 5) is 91.7. The Morgan fingerprint density at radius 2 is 1.39 bits per heavy atom. The summed E-state index contributed by atoms with van der Waals surface area (Å²) in [6.45, 7) is 9.00. The van der Waals surface area contributed by atoms with Gasteiger partial charge in [-0.25, -0.2) is 0 Å². The van der Waals surface area contributed by atoms with Crippen LogP contribution in [0.4, 0.5) is 11.4 Å². The summed E-state index contributed by atoms with van der Waals surface area (Å²) in [6.07, 6.45) is 3.40. The quantitative estimate of drug-likeness (QED) is 0.0579. The van der Waals surface area contributed by atoms with Crippen LogP contribution in [0.1, 0.15) is 89.2 Å². The van der Waals surface area contributed by atoms with Gasteiger partial charge in [0.25, 0.3) is 0 Å². The molecule has 0 saturated carbocycles. The maximum Gasteiger partial charge on any atom is 0.302 e. The second-order valence-corrected chi connectivity index (χ2v) is 17.0. The van der Waals surface area contributed by atoms with Gasteiger partial charge >= 0.3 is 5.97 Å². The molecule has 13 nitrogen and oxygen atoms in total. The van der Waals surface area contributed by atoms with E-state index in [1.165, 1.54) is 35.3 Å². The third kappa shape index (κ3) is 10.8. The second-order valence-electron chi connectivity index (χ2n) is 14.4. The van der Waals surface area contributed by atoms with Crippen molar-refractivity contribution in [1.29, 1.82) is 0 Å². The Morgan fingerprint density at radius 1 is 0.804 bits per heavy atom. The molecule has 3 unspecified atom stereocenters. The molecule has 2 saturated heterocycles. The molecule has 2 aliphatic heterocycles. The summed E-state index contributed by atoms with van der Waals surface area (Å²) in [5.74, 6) is -1.26. The van der Waals surface area contributed by atoms with Crippen LogP contribution in [0.25, 0.3) is 11.1 Å². The van der Waals surface area contributed by atoms with Gasteiger partial charge in [-0.15, -0.1) is 30.1 Å². The van der Waals surface area contributed by atoms with Gasteiger partial charge in [0.15, 0.2) is 0 Å². The number of thioether (sulfide) groups is 2. The fraction of sp³-hybridized carbons (Fsp3) is 0.463. The molecule has 2 fully saturated rings. The van der Waals surface area contributed by atoms with Crippen LogP contribution in [0.5, 0.6) is 0 Å². The summed E-state index contributed by atoms with van der Waals surface area (Å²) in [5, 5.41) is 10.7. The van der Waals surface area contributed by atoms with Crippen molar-refractivity contribution in [2.24, 2.45) is 0 Å². The van der Waals surface area contributed by atoms with E-state index in [9.17, 15) is 33.6 Å². The lowest BCUT2D eigenvalue weighted by atomic mass is 9.97. The average Bonchev–Trinajstić information content (AvgIpc) is 3.71. The molecule has 56 heavy (non-hydrogen) atoms. The first-order chi connectivity index (χ1) is 26.7. The summed E-state index contributed by atoms with van der Waals surface area (Å²) in [5.41, 5.74) is 5.99. The number of nitrogens with two attached hydrogens (primary N) is 1. The van der Waals surface area contributed by atoms with Crippen LogP contribution in [-0.2, 0) is 38.3 Å². The van der Waals surface area contributed by atoms with Crippen molar-refractivity contribution in [3.8, 4) is 11.1 Å². The molecule has 2 aromatic rings. The molecule has 3 atom stereocenters. The zero-order valence-electron chi connectivity index (χ0n) is 32.1. The van der Waals surface area contributed by atoms with E-state index in [-0.39, 0.29) is 80.8 Å². The topological polar surface area (TPSA) is 185 Å². The van der Waals surface area contributed by atoms with Crippen LogP contribution in [0, 0.1) is 0 Å². The smallest absolute Gasteiger partial charge is 0.302 e. The number of fused-ring (bicyclic) bond motifs is 3. The van der Waals surface area contributed by atoms with Crippen LogP contribution < -0.4 is 16.0 Å². The molecule has 4 N–H and O–H groups in total. The molecule has 5 rings (SSSR count). The Labute approximate surface area is 335 Å². The number of esters is 1. The molecule has 6 amide bonds. The summed E-state index contributed by atoms with van der Waals surface area (Å²) in [6, 6.07) is 10.8. The van der Waals surface area contributed by atoms with Gasteiger partial charge in [-0.1, -0.05) is 23.8 Å². The number of likely N-dealkylation sites (tertiary alicyclic amines) is 2. The highest BCUT2D eigenvalue weighted by Crippen LogP contribution is 2.49. The Balaban J connectivity index is 1.21. The molecule has 15 heteroatoms. The fourth-order valence-electron chi connectivity index (χ4n) is 7.04. The van der Waals surface area contributed by atoms with E-state index in [1.54, 1.807) is 24.3 Å². The zero-order valence-corrected chi connectivity index (χ0v) is 33.8. The third-order valence-corrected chi connectivity index (χ3v) is 12.4. The van der Waals surface area contributed by atoms with E-state index in [0.29, 0.717) is 17.1 Å². The maximum atomic E-state index is 13.3. The number of hydrogen-bond donors (Lipinski definition) is 3. The van der Waals surface area contributed by atoms with Gasteiger partial charge in [-0.05, 0) is 72.6 Å². The number of carbonyl (C=O) groups is 7. The molecule has 0 bridgehead atoms. The van der Waals surface area contributed by atoms with Gasteiger partial charge in [0.1, 0.15) is 12.3 Å². The van der Waals surface area contributed by atoms with E-state index in [2.05, 4.69) is 17.2 Å². The predicted octanol–water partition coefficient (Wildman–Crippen LogP) is 4.10. The van der Waals surface area contributed by atoms with Gasteiger partial charge in [-0.3, -0.25) is 48.8 Å². The molecule has 298 valence electrons. The minimum absolute atomic E-state index is 0.0242. The van der Waals surface area contributed by atoms with Gasteiger partial charge in [0.2, 0.25) is 35.4 Å². The molecule has 0 spiro atoms. The highest BCUT2D eigenvalue weighted by atomic mass is 32.2. The number of benzene rings is 2. The summed E-state index contributed by atoms with van der Waals surface area (Å²) >= 11 is 2.91. The van der Waals surface area contributed by atoms with Crippen molar-refractivity contribution >= 4 is 82.0 Å². The number of hydrogen-bond acceptors (Lipinski definition) is 10. The van der Waals surface area contributed by atoms with Crippen molar-refractivity contribution in [1.82, 2.24) is 9.80 Å². The van der Waals surface area contributed by atoms with Crippen molar-refractivity contribution in [3.05, 3.63) is 59.7 Å². The normalized spacial score (nSPS) is 18.6. The number of imide groups is 2. The van der Waals surface area contributed by atoms with E-state index < -0.39 is 22.4 Å². The van der Waals surface area contributed by atoms with Gasteiger partial charge in [0, 0.05) is 81.9 Å². The first kappa shape index (κ1) is 42.4. The van der Waals surface area contributed by atoms with Gasteiger partial charge in [0.05, 0.1) is 10.5 Å². The largest absolute Gasteiger partial charge is 0.465 e. The lowest BCUT2D eigenvalue weighted by Gasteiger charge is -2.16. The minimum Gasteiger partial charge on any atom is -0.465 e. The van der Waals surface area contributed by atoms with Crippen LogP contribution in [0.15, 0.2) is 48.6 Å². The highest BCUT2D eigenvalue weighted by molar-refractivity contribution is 8.00. The molecule has 3 aliphatic rings. The SMILES string of the molecule is C=C(C)CCCSC1CC(=O)N(CCC(=O)Nc2cccc3c2-c2ccc(NC(=O)CCN4C(=O)CC(SCCCC(C)=[NH2+])C4=O)cc2C3COC(C)=O)C1=O. The van der Waals surface area contributed by atoms with Crippen LogP contribution >= 0.6 is 23.5 Å². The van der Waals surface area contributed by atoms with Gasteiger partial charge < -0.3 is 15.4 Å². The molecular weight excluding hydrogens is 755 g/mol. The Hall–Kier alpha value is -4.76. The minimum atomic E-state index is -0.455. The molecule has 1 aliphatic carbocycles. The highest BCUT2D eigenvalue weighted by Gasteiger charge is 2.40. The Kier molecular flexibility index (Phi) is 14.7. The van der Waals surface area contributed by atoms with E-state index in [1.807, 2.05) is 26.0 Å². The summed E-state index contributed by atoms with van der Waals surface area (Å²) < 4.78 is 5.45. The lowest BCUT2D eigenvalue weighted by molar-refractivity contribution is -0.141. The Morgan fingerprint density at radius 3 is 1.96 bits per heavy atom. The number of carbonyl (C=O) groups excluding carboxylic acids is 7. The molecule has 2 heterocycles. The first-order valence-electron chi connectivity index (χ1n) is 18.9. The van der Waals surface area contributed by atoms with Crippen molar-refractivity contribution in [2.45, 2.75) is 88.6 Å². The Bertz CT molecular complexity index is 1930. The number of rotatable bonds is 20. The van der Waals surface area contributed by atoms with E-state index in [0.717, 1.165) is 69.9 Å². The van der Waals surface area contributed by atoms with Crippen molar-refractivity contribution < 1.29 is 43.7 Å². The fourth-order valence-corrected chi connectivity index (χ4v) is 9.30. The summed E-state index contributed by atoms with van der Waals surface area (Å²) in [7, 11) is 0. The van der Waals surface area contributed by atoms with E-state index in [4.69, 9.17) is 10.1 Å². The third-order valence-electron chi connectivity index (χ3n) is 9.81. The van der Waals surface area contributed by atoms with E-state index >= 15 is 0 Å². The van der Waals surface area contributed by atoms with Gasteiger partial charge in [-0.2, -0.15) is 0 Å². The number of nitrogens with one attached hydrogen (secondary N) is 2. The molecule has 0 aromatic heterocycles. The maximum absolute atomic E-state index is 13.3. The number of amides is 6. The molecule has 2 aromatic carbocycles. The lowest BCUT2D eigenvalue weighted by Crippen LogP contribution is -2.37. The van der Waals surface area contributed by atoms with Crippen LogP contribution in [0.2, 0.25) is 0 Å². The second kappa shape index (κ2) is 19.4. The number of nitrogens with zero attached hydrogens (tertiary/aromatic N) is 2. The number of anilines is 2. The zero-order chi connectivity index (χ0) is 40.5. The van der Waals surface area contributed by atoms with Crippen molar-refractivity contribution in [3.63, 3.8) is 0 Å². The predicted molar refractivity (Wildman–Crippen MR) is 218 cm³/mol. The molecule has 0 radical (unpaired) electrons. The molecular formula is C41H50N5O8S2+. The van der Waals surface area contributed by atoms with Crippen molar-refractivity contribution in [2.75, 3.05) is 41.8 Å². The monoisotopic (exact) mass is 804 g/mol. The average molecular weight is 805 g/mol.